The number of ether oxygens (including phenoxy) is 5. The highest BCUT2D eigenvalue weighted by Gasteiger charge is 2.50. The molecule has 13 nitrogen and oxygen atoms in total. The van der Waals surface area contributed by atoms with Crippen LogP contribution in [0.5, 0.6) is 0 Å². The van der Waals surface area contributed by atoms with Crippen molar-refractivity contribution >= 4 is 11.9 Å². The second-order valence-corrected chi connectivity index (χ2v) is 6.77. The first-order valence-electron chi connectivity index (χ1n) is 8.84. The first-order chi connectivity index (χ1) is 13.5. The van der Waals surface area contributed by atoms with Gasteiger partial charge in [-0.1, -0.05) is 0 Å². The maximum absolute atomic E-state index is 10.9. The molecule has 0 aliphatic carbocycles. The van der Waals surface area contributed by atoms with Crippen molar-refractivity contribution in [3.63, 3.8) is 0 Å². The highest BCUT2D eigenvalue weighted by atomic mass is 16.7. The predicted octanol–water partition coefficient (Wildman–Crippen LogP) is -4.26. The number of hydrogen-bond donors (Lipinski definition) is 6. The fourth-order valence-corrected chi connectivity index (χ4v) is 2.93. The first kappa shape index (κ1) is 23.9. The zero-order chi connectivity index (χ0) is 21.9. The highest BCUT2D eigenvalue weighted by Crippen LogP contribution is 2.28. The molecule has 6 N–H and O–H groups in total. The topological polar surface area (TPSA) is 202 Å². The predicted molar refractivity (Wildman–Crippen MR) is 87.7 cm³/mol. The SMILES string of the molecule is CC(=O)OCC1O[C@@H](O[C@H]2C(O)[C@H](O)C(COC(C)=O)O[C@@H]2O)C(O)C(O)[C@@H]1O. The summed E-state index contributed by atoms with van der Waals surface area (Å²) in [5, 5.41) is 60.5. The number of carbonyl (C=O) groups is 2. The Hall–Kier alpha value is -1.42. The number of carbonyl (C=O) groups excluding carboxylic acids is 2. The van der Waals surface area contributed by atoms with Crippen molar-refractivity contribution in [2.24, 2.45) is 0 Å². The molecule has 2 aliphatic heterocycles. The van der Waals surface area contributed by atoms with E-state index >= 15 is 0 Å². The van der Waals surface area contributed by atoms with Crippen LogP contribution in [0.15, 0.2) is 0 Å². The number of aliphatic hydroxyl groups excluding tert-OH is 6. The van der Waals surface area contributed by atoms with Crippen LogP contribution in [0, 0.1) is 0 Å². The molecular weight excluding hydrogens is 400 g/mol. The summed E-state index contributed by atoms with van der Waals surface area (Å²) in [6, 6.07) is 0. The molecule has 0 bridgehead atoms. The molecule has 2 aliphatic rings. The van der Waals surface area contributed by atoms with Gasteiger partial charge < -0.3 is 54.3 Å². The molecule has 13 heteroatoms. The summed E-state index contributed by atoms with van der Waals surface area (Å²) in [6.07, 6.45) is -16.2. The Kier molecular flexibility index (Phi) is 8.28. The molecule has 0 aromatic rings. The molecule has 168 valence electrons. The fraction of sp³-hybridized carbons (Fsp3) is 0.875. The van der Waals surface area contributed by atoms with Gasteiger partial charge in [-0.15, -0.1) is 0 Å². The molecule has 29 heavy (non-hydrogen) atoms. The van der Waals surface area contributed by atoms with Crippen molar-refractivity contribution in [1.29, 1.82) is 0 Å². The third-order valence-electron chi connectivity index (χ3n) is 4.52. The minimum atomic E-state index is -1.82. The van der Waals surface area contributed by atoms with Crippen molar-refractivity contribution in [3.8, 4) is 0 Å². The van der Waals surface area contributed by atoms with Gasteiger partial charge in [-0.25, -0.2) is 0 Å². The Labute approximate surface area is 165 Å². The first-order valence-corrected chi connectivity index (χ1v) is 8.84. The van der Waals surface area contributed by atoms with Gasteiger partial charge in [0.2, 0.25) is 0 Å². The van der Waals surface area contributed by atoms with Crippen molar-refractivity contribution in [1.82, 2.24) is 0 Å². The van der Waals surface area contributed by atoms with Crippen LogP contribution in [0.25, 0.3) is 0 Å². The quantitative estimate of drug-likeness (QED) is 0.223. The Morgan fingerprint density at radius 2 is 1.21 bits per heavy atom. The lowest BCUT2D eigenvalue weighted by Gasteiger charge is -2.45. The molecule has 0 aromatic carbocycles. The zero-order valence-corrected chi connectivity index (χ0v) is 15.7. The molecule has 0 saturated carbocycles. The summed E-state index contributed by atoms with van der Waals surface area (Å²) >= 11 is 0. The molecule has 10 atom stereocenters. The summed E-state index contributed by atoms with van der Waals surface area (Å²) in [5.74, 6) is -1.33. The number of rotatable bonds is 6. The van der Waals surface area contributed by atoms with Gasteiger partial charge in [0.1, 0.15) is 62.0 Å². The number of esters is 2. The van der Waals surface area contributed by atoms with Crippen LogP contribution in [0.2, 0.25) is 0 Å². The van der Waals surface area contributed by atoms with E-state index in [9.17, 15) is 40.2 Å². The van der Waals surface area contributed by atoms with E-state index in [2.05, 4.69) is 4.74 Å². The molecular formula is C16H26O13. The highest BCUT2D eigenvalue weighted by molar-refractivity contribution is 5.66. The van der Waals surface area contributed by atoms with Crippen LogP contribution < -0.4 is 0 Å². The lowest BCUT2D eigenvalue weighted by Crippen LogP contribution is -2.64. The van der Waals surface area contributed by atoms with E-state index in [1.54, 1.807) is 0 Å². The van der Waals surface area contributed by atoms with Crippen LogP contribution in [0.1, 0.15) is 13.8 Å². The van der Waals surface area contributed by atoms with Gasteiger partial charge in [0.05, 0.1) is 0 Å². The smallest absolute Gasteiger partial charge is 0.302 e. The second kappa shape index (κ2) is 10.1. The molecule has 5 unspecified atom stereocenters. The molecule has 2 fully saturated rings. The normalized spacial score (nSPS) is 42.9. The summed E-state index contributed by atoms with van der Waals surface area (Å²) < 4.78 is 25.1. The molecule has 2 saturated heterocycles. The fourth-order valence-electron chi connectivity index (χ4n) is 2.93. The lowest BCUT2D eigenvalue weighted by molar-refractivity contribution is -0.361. The summed E-state index contributed by atoms with van der Waals surface area (Å²) in [5.41, 5.74) is 0. The van der Waals surface area contributed by atoms with Gasteiger partial charge in [-0.2, -0.15) is 0 Å². The van der Waals surface area contributed by atoms with Crippen LogP contribution in [0.4, 0.5) is 0 Å². The minimum Gasteiger partial charge on any atom is -0.463 e. The monoisotopic (exact) mass is 426 g/mol. The molecule has 2 heterocycles. The molecule has 0 aromatic heterocycles. The molecule has 0 radical (unpaired) electrons. The lowest BCUT2D eigenvalue weighted by atomic mass is 9.97. The number of aliphatic hydroxyl groups is 6. The van der Waals surface area contributed by atoms with Crippen LogP contribution in [-0.4, -0.2) is 117 Å². The maximum Gasteiger partial charge on any atom is 0.302 e. The molecule has 0 spiro atoms. The van der Waals surface area contributed by atoms with Crippen LogP contribution in [-0.2, 0) is 33.3 Å². The van der Waals surface area contributed by atoms with Crippen molar-refractivity contribution in [3.05, 3.63) is 0 Å². The van der Waals surface area contributed by atoms with Gasteiger partial charge in [0.15, 0.2) is 12.6 Å². The Bertz CT molecular complexity index is 571. The molecule has 0 amide bonds. The third kappa shape index (κ3) is 5.81. The van der Waals surface area contributed by atoms with E-state index in [1.165, 1.54) is 0 Å². The Morgan fingerprint density at radius 3 is 1.72 bits per heavy atom. The van der Waals surface area contributed by atoms with E-state index < -0.39 is 86.6 Å². The summed E-state index contributed by atoms with van der Waals surface area (Å²) in [7, 11) is 0. The van der Waals surface area contributed by atoms with E-state index in [0.717, 1.165) is 13.8 Å². The summed E-state index contributed by atoms with van der Waals surface area (Å²) in [4.78, 5) is 21.8. The van der Waals surface area contributed by atoms with E-state index in [1.807, 2.05) is 0 Å². The minimum absolute atomic E-state index is 0.435. The average Bonchev–Trinajstić information content (AvgIpc) is 2.65. The van der Waals surface area contributed by atoms with E-state index in [4.69, 9.17) is 18.9 Å². The third-order valence-corrected chi connectivity index (χ3v) is 4.52. The maximum atomic E-state index is 10.9. The zero-order valence-electron chi connectivity index (χ0n) is 15.7. The second-order valence-electron chi connectivity index (χ2n) is 6.77. The molecule has 2 rings (SSSR count). The van der Waals surface area contributed by atoms with Gasteiger partial charge in [-0.05, 0) is 0 Å². The Morgan fingerprint density at radius 1 is 0.724 bits per heavy atom. The van der Waals surface area contributed by atoms with Crippen molar-refractivity contribution in [2.75, 3.05) is 13.2 Å². The van der Waals surface area contributed by atoms with Gasteiger partial charge >= 0.3 is 11.9 Å². The van der Waals surface area contributed by atoms with Crippen LogP contribution in [0.3, 0.4) is 0 Å². The average molecular weight is 426 g/mol. The Balaban J connectivity index is 2.04. The standard InChI is InChI=1S/C16H26O13/c1-5(17)25-3-7-10(20)12(22)14(15(24)27-7)29-16-13(23)11(21)9(19)8(28-16)4-26-6(2)18/h7-16,19-24H,3-4H2,1-2H3/t7?,8?,9-,10-,11?,12?,13?,14+,15+,16+/m1/s1. The van der Waals surface area contributed by atoms with Crippen molar-refractivity contribution in [2.45, 2.75) is 75.3 Å². The van der Waals surface area contributed by atoms with E-state index in [0.29, 0.717) is 0 Å². The van der Waals surface area contributed by atoms with Gasteiger partial charge in [0.25, 0.3) is 0 Å². The van der Waals surface area contributed by atoms with E-state index in [-0.39, 0.29) is 0 Å². The van der Waals surface area contributed by atoms with Gasteiger partial charge in [0, 0.05) is 13.8 Å². The van der Waals surface area contributed by atoms with Gasteiger partial charge in [-0.3, -0.25) is 9.59 Å². The van der Waals surface area contributed by atoms with Crippen LogP contribution >= 0.6 is 0 Å². The number of hydrogen-bond acceptors (Lipinski definition) is 13. The largest absolute Gasteiger partial charge is 0.463 e. The van der Waals surface area contributed by atoms with Crippen molar-refractivity contribution < 1.29 is 63.9 Å². The summed E-state index contributed by atoms with van der Waals surface area (Å²) in [6.45, 7) is 1.35.